The lowest BCUT2D eigenvalue weighted by Gasteiger charge is -2.28. The Kier molecular flexibility index (Phi) is 4.61. The van der Waals surface area contributed by atoms with Crippen molar-refractivity contribution in [3.8, 4) is 0 Å². The van der Waals surface area contributed by atoms with Crippen LogP contribution in [0.25, 0.3) is 0 Å². The Morgan fingerprint density at radius 3 is 2.88 bits per heavy atom. The van der Waals surface area contributed by atoms with Crippen LogP contribution in [0.2, 0.25) is 0 Å². The topological polar surface area (TPSA) is 61.4 Å². The molecule has 5 heteroatoms. The normalized spacial score (nSPS) is 19.5. The molecule has 0 bridgehead atoms. The molecule has 2 aromatic rings. The van der Waals surface area contributed by atoms with Gasteiger partial charge in [-0.05, 0) is 55.0 Å². The number of carbonyl (C=O) groups is 2. The van der Waals surface area contributed by atoms with Crippen molar-refractivity contribution >= 4 is 23.3 Å². The van der Waals surface area contributed by atoms with Crippen LogP contribution in [0.4, 0.5) is 16.2 Å². The maximum absolute atomic E-state index is 12.9. The quantitative estimate of drug-likeness (QED) is 0.888. The van der Waals surface area contributed by atoms with Crippen LogP contribution in [0.15, 0.2) is 48.5 Å². The minimum absolute atomic E-state index is 0.0254. The fourth-order valence-corrected chi connectivity index (χ4v) is 3.88. The van der Waals surface area contributed by atoms with Gasteiger partial charge in [0.25, 0.3) is 0 Å². The van der Waals surface area contributed by atoms with E-state index in [2.05, 4.69) is 22.8 Å². The SMILES string of the molecule is O=C(Nc1cccc(N2CCCNC2=O)c1)[C@H]1CCCc2ccccc21. The van der Waals surface area contributed by atoms with E-state index in [1.54, 1.807) is 4.90 Å². The second kappa shape index (κ2) is 7.20. The predicted molar refractivity (Wildman–Crippen MR) is 103 cm³/mol. The Labute approximate surface area is 153 Å². The Morgan fingerprint density at radius 2 is 2.00 bits per heavy atom. The minimum Gasteiger partial charge on any atom is -0.338 e. The van der Waals surface area contributed by atoms with Crippen LogP contribution in [0.1, 0.15) is 36.3 Å². The van der Waals surface area contributed by atoms with Crippen molar-refractivity contribution in [2.24, 2.45) is 0 Å². The van der Waals surface area contributed by atoms with Crippen molar-refractivity contribution in [3.63, 3.8) is 0 Å². The van der Waals surface area contributed by atoms with Crippen LogP contribution in [-0.2, 0) is 11.2 Å². The number of urea groups is 1. The fourth-order valence-electron chi connectivity index (χ4n) is 3.88. The molecular formula is C21H23N3O2. The van der Waals surface area contributed by atoms with Gasteiger partial charge in [-0.1, -0.05) is 30.3 Å². The van der Waals surface area contributed by atoms with Crippen molar-refractivity contribution < 1.29 is 9.59 Å². The number of rotatable bonds is 3. The number of fused-ring (bicyclic) bond motifs is 1. The van der Waals surface area contributed by atoms with Crippen LogP contribution in [0, 0.1) is 0 Å². The number of nitrogens with zero attached hydrogens (tertiary/aromatic N) is 1. The Morgan fingerprint density at radius 1 is 1.12 bits per heavy atom. The summed E-state index contributed by atoms with van der Waals surface area (Å²) < 4.78 is 0. The summed E-state index contributed by atoms with van der Waals surface area (Å²) in [7, 11) is 0. The molecule has 2 aliphatic rings. The fraction of sp³-hybridized carbons (Fsp3) is 0.333. The average molecular weight is 349 g/mol. The summed E-state index contributed by atoms with van der Waals surface area (Å²) >= 11 is 0. The first-order chi connectivity index (χ1) is 12.7. The summed E-state index contributed by atoms with van der Waals surface area (Å²) in [6.45, 7) is 1.41. The molecule has 0 unspecified atom stereocenters. The number of hydrogen-bond acceptors (Lipinski definition) is 2. The molecule has 3 amide bonds. The van der Waals surface area contributed by atoms with Crippen molar-refractivity contribution in [2.75, 3.05) is 23.3 Å². The smallest absolute Gasteiger partial charge is 0.321 e. The largest absolute Gasteiger partial charge is 0.338 e. The highest BCUT2D eigenvalue weighted by atomic mass is 16.2. The molecular weight excluding hydrogens is 326 g/mol. The summed E-state index contributed by atoms with van der Waals surface area (Å²) in [6.07, 6.45) is 3.86. The van der Waals surface area contributed by atoms with Crippen molar-refractivity contribution in [1.82, 2.24) is 5.32 Å². The van der Waals surface area contributed by atoms with E-state index in [0.29, 0.717) is 13.1 Å². The molecule has 1 fully saturated rings. The molecule has 4 rings (SSSR count). The highest BCUT2D eigenvalue weighted by Gasteiger charge is 2.26. The average Bonchev–Trinajstić information content (AvgIpc) is 2.68. The first-order valence-electron chi connectivity index (χ1n) is 9.26. The summed E-state index contributed by atoms with van der Waals surface area (Å²) in [5.41, 5.74) is 3.96. The highest BCUT2D eigenvalue weighted by Crippen LogP contribution is 2.32. The molecule has 0 radical (unpaired) electrons. The Bertz CT molecular complexity index is 834. The van der Waals surface area contributed by atoms with Crippen LogP contribution < -0.4 is 15.5 Å². The van der Waals surface area contributed by atoms with Gasteiger partial charge in [0, 0.05) is 24.5 Å². The van der Waals surface area contributed by atoms with Crippen molar-refractivity contribution in [3.05, 3.63) is 59.7 Å². The van der Waals surface area contributed by atoms with Gasteiger partial charge < -0.3 is 10.6 Å². The third kappa shape index (κ3) is 3.29. The van der Waals surface area contributed by atoms with Gasteiger partial charge in [-0.25, -0.2) is 4.79 Å². The maximum Gasteiger partial charge on any atom is 0.321 e. The van der Waals surface area contributed by atoms with Gasteiger partial charge in [-0.3, -0.25) is 9.69 Å². The van der Waals surface area contributed by atoms with E-state index in [1.807, 2.05) is 36.4 Å². The second-order valence-corrected chi connectivity index (χ2v) is 6.92. The molecule has 1 atom stereocenters. The first-order valence-corrected chi connectivity index (χ1v) is 9.26. The van der Waals surface area contributed by atoms with E-state index in [-0.39, 0.29) is 17.9 Å². The van der Waals surface area contributed by atoms with E-state index >= 15 is 0 Å². The minimum atomic E-state index is -0.109. The van der Waals surface area contributed by atoms with Gasteiger partial charge in [-0.2, -0.15) is 0 Å². The molecule has 0 aromatic heterocycles. The van der Waals surface area contributed by atoms with Crippen LogP contribution >= 0.6 is 0 Å². The van der Waals surface area contributed by atoms with E-state index in [4.69, 9.17) is 0 Å². The molecule has 2 aromatic carbocycles. The summed E-state index contributed by atoms with van der Waals surface area (Å²) in [5.74, 6) is -0.0840. The van der Waals surface area contributed by atoms with Gasteiger partial charge in [0.2, 0.25) is 5.91 Å². The number of benzene rings is 2. The first kappa shape index (κ1) is 16.6. The van der Waals surface area contributed by atoms with Gasteiger partial charge in [0.05, 0.1) is 5.92 Å². The summed E-state index contributed by atoms with van der Waals surface area (Å²) in [6, 6.07) is 15.7. The van der Waals surface area contributed by atoms with E-state index in [1.165, 1.54) is 5.56 Å². The number of carbonyl (C=O) groups excluding carboxylic acids is 2. The number of hydrogen-bond donors (Lipinski definition) is 2. The second-order valence-electron chi connectivity index (χ2n) is 6.92. The van der Waals surface area contributed by atoms with Crippen LogP contribution in [0.3, 0.4) is 0 Å². The van der Waals surface area contributed by atoms with Gasteiger partial charge in [0.1, 0.15) is 0 Å². The molecule has 26 heavy (non-hydrogen) atoms. The molecule has 134 valence electrons. The molecule has 5 nitrogen and oxygen atoms in total. The lowest BCUT2D eigenvalue weighted by molar-refractivity contribution is -0.117. The standard InChI is InChI=1S/C21H23N3O2/c25-20(19-11-3-7-15-6-1-2-10-18(15)19)23-16-8-4-9-17(14-16)24-13-5-12-22-21(24)26/h1-2,4,6,8-10,14,19H,3,5,7,11-13H2,(H,22,26)(H,23,25)/t19-/m0/s1. The highest BCUT2D eigenvalue weighted by molar-refractivity contribution is 5.98. The van der Waals surface area contributed by atoms with Crippen LogP contribution in [0.5, 0.6) is 0 Å². The maximum atomic E-state index is 12.9. The van der Waals surface area contributed by atoms with Gasteiger partial charge in [-0.15, -0.1) is 0 Å². The third-order valence-electron chi connectivity index (χ3n) is 5.19. The molecule has 1 heterocycles. The van der Waals surface area contributed by atoms with Crippen molar-refractivity contribution in [2.45, 2.75) is 31.6 Å². The lowest BCUT2D eigenvalue weighted by Crippen LogP contribution is -2.46. The van der Waals surface area contributed by atoms with Gasteiger partial charge in [0.15, 0.2) is 0 Å². The zero-order valence-corrected chi connectivity index (χ0v) is 14.7. The molecule has 0 spiro atoms. The van der Waals surface area contributed by atoms with E-state index < -0.39 is 0 Å². The lowest BCUT2D eigenvalue weighted by atomic mass is 9.82. The van der Waals surface area contributed by atoms with E-state index in [0.717, 1.165) is 42.6 Å². The van der Waals surface area contributed by atoms with Crippen LogP contribution in [-0.4, -0.2) is 25.0 Å². The zero-order chi connectivity index (χ0) is 17.9. The summed E-state index contributed by atoms with van der Waals surface area (Å²) in [4.78, 5) is 26.6. The van der Waals surface area contributed by atoms with Gasteiger partial charge >= 0.3 is 6.03 Å². The molecule has 1 aliphatic heterocycles. The number of nitrogens with one attached hydrogen (secondary N) is 2. The zero-order valence-electron chi connectivity index (χ0n) is 14.7. The molecule has 1 aliphatic carbocycles. The summed E-state index contributed by atoms with van der Waals surface area (Å²) in [5, 5.41) is 5.90. The molecule has 0 saturated carbocycles. The monoisotopic (exact) mass is 349 g/mol. The molecule has 2 N–H and O–H groups in total. The van der Waals surface area contributed by atoms with E-state index in [9.17, 15) is 9.59 Å². The predicted octanol–water partition coefficient (Wildman–Crippen LogP) is 3.66. The third-order valence-corrected chi connectivity index (χ3v) is 5.19. The number of aryl methyl sites for hydroxylation is 1. The Hall–Kier alpha value is -2.82. The number of amides is 3. The number of anilines is 2. The molecule has 1 saturated heterocycles. The Balaban J connectivity index is 1.52. The van der Waals surface area contributed by atoms with Crippen molar-refractivity contribution in [1.29, 1.82) is 0 Å².